The molecule has 158 valence electrons. The van der Waals surface area contributed by atoms with Gasteiger partial charge >= 0.3 is 5.91 Å². The predicted octanol–water partition coefficient (Wildman–Crippen LogP) is 6.14. The zero-order chi connectivity index (χ0) is 22.1. The molecule has 8 heteroatoms. The molecular weight excluding hydrogens is 526 g/mol. The molecule has 0 bridgehead atoms. The minimum absolute atomic E-state index is 0.188. The second-order valence-electron chi connectivity index (χ2n) is 6.98. The summed E-state index contributed by atoms with van der Waals surface area (Å²) >= 11 is 6.88. The largest absolute Gasteiger partial charge is 0.497 e. The molecule has 4 rings (SSSR count). The van der Waals surface area contributed by atoms with Crippen molar-refractivity contribution in [1.29, 1.82) is 0 Å². The van der Waals surface area contributed by atoms with Crippen LogP contribution in [0.5, 0.6) is 5.75 Å². The number of ether oxygens (including phenoxy) is 1. The summed E-state index contributed by atoms with van der Waals surface area (Å²) in [5.74, 6) is 0.557. The minimum atomic E-state index is -0.419. The van der Waals surface area contributed by atoms with Crippen LogP contribution >= 0.6 is 31.9 Å². The molecule has 0 aliphatic carbocycles. The molecule has 6 nitrogen and oxygen atoms in total. The molecule has 0 unspecified atom stereocenters. The minimum Gasteiger partial charge on any atom is -0.497 e. The third kappa shape index (κ3) is 4.31. The van der Waals surface area contributed by atoms with E-state index in [9.17, 15) is 4.79 Å². The highest BCUT2D eigenvalue weighted by molar-refractivity contribution is 9.11. The Morgan fingerprint density at radius 3 is 2.74 bits per heavy atom. The summed E-state index contributed by atoms with van der Waals surface area (Å²) in [6.45, 7) is 4.02. The Hall–Kier alpha value is -2.84. The normalized spacial score (nSPS) is 11.4. The first-order valence-corrected chi connectivity index (χ1v) is 11.0. The zero-order valence-electron chi connectivity index (χ0n) is 17.1. The van der Waals surface area contributed by atoms with E-state index in [2.05, 4.69) is 47.0 Å². The van der Waals surface area contributed by atoms with Gasteiger partial charge in [0.15, 0.2) is 5.76 Å². The van der Waals surface area contributed by atoms with E-state index in [1.807, 2.05) is 56.3 Å². The summed E-state index contributed by atoms with van der Waals surface area (Å²) in [4.78, 5) is 12.5. The van der Waals surface area contributed by atoms with Gasteiger partial charge in [0.25, 0.3) is 0 Å². The van der Waals surface area contributed by atoms with E-state index in [1.165, 1.54) is 0 Å². The van der Waals surface area contributed by atoms with E-state index < -0.39 is 5.91 Å². The van der Waals surface area contributed by atoms with Crippen LogP contribution in [0, 0.1) is 13.8 Å². The first-order valence-electron chi connectivity index (χ1n) is 9.42. The molecule has 0 atom stereocenters. The topological polar surface area (TPSA) is 68.8 Å². The van der Waals surface area contributed by atoms with E-state index >= 15 is 0 Å². The number of nitrogens with zero attached hydrogens (tertiary/aromatic N) is 2. The first-order chi connectivity index (χ1) is 14.9. The lowest BCUT2D eigenvalue weighted by atomic mass is 10.2. The van der Waals surface area contributed by atoms with Crippen molar-refractivity contribution in [2.24, 2.45) is 5.10 Å². The molecule has 0 fully saturated rings. The molecule has 0 spiro atoms. The predicted molar refractivity (Wildman–Crippen MR) is 128 cm³/mol. The third-order valence-electron chi connectivity index (χ3n) is 4.91. The molecule has 1 N–H and O–H groups in total. The number of fused-ring (bicyclic) bond motifs is 1. The lowest BCUT2D eigenvalue weighted by Gasteiger charge is -2.11. The second-order valence-corrected chi connectivity index (χ2v) is 8.75. The van der Waals surface area contributed by atoms with Crippen LogP contribution in [0.15, 0.2) is 67.0 Å². The van der Waals surface area contributed by atoms with Gasteiger partial charge in [0.1, 0.15) is 11.3 Å². The fourth-order valence-electron chi connectivity index (χ4n) is 3.47. The van der Waals surface area contributed by atoms with Crippen molar-refractivity contribution >= 4 is 55.0 Å². The van der Waals surface area contributed by atoms with Gasteiger partial charge < -0.3 is 13.7 Å². The molecule has 2 aromatic carbocycles. The summed E-state index contributed by atoms with van der Waals surface area (Å²) in [7, 11) is 1.65. The molecule has 0 saturated carbocycles. The van der Waals surface area contributed by atoms with Crippen LogP contribution in [-0.4, -0.2) is 23.8 Å². The number of hydrogen-bond acceptors (Lipinski definition) is 4. The number of benzene rings is 2. The quantitative estimate of drug-likeness (QED) is 0.242. The fourth-order valence-corrected chi connectivity index (χ4v) is 4.81. The van der Waals surface area contributed by atoms with Gasteiger partial charge in [-0.05, 0) is 66.2 Å². The number of hydrazone groups is 1. The van der Waals surface area contributed by atoms with Crippen LogP contribution in [-0.2, 0) is 0 Å². The van der Waals surface area contributed by atoms with E-state index in [-0.39, 0.29) is 5.76 Å². The maximum Gasteiger partial charge on any atom is 0.307 e. The Morgan fingerprint density at radius 1 is 1.16 bits per heavy atom. The van der Waals surface area contributed by atoms with E-state index in [0.717, 1.165) is 42.7 Å². The number of nitrogens with one attached hydrogen (secondary N) is 1. The molecule has 0 saturated heterocycles. The molecule has 0 radical (unpaired) electrons. The average molecular weight is 545 g/mol. The van der Waals surface area contributed by atoms with Crippen LogP contribution in [0.3, 0.4) is 0 Å². The first kappa shape index (κ1) is 21.4. The number of furan rings is 1. The molecule has 1 amide bonds. The Morgan fingerprint density at radius 2 is 1.97 bits per heavy atom. The smallest absolute Gasteiger partial charge is 0.307 e. The molecule has 2 aromatic heterocycles. The Labute approximate surface area is 196 Å². The van der Waals surface area contributed by atoms with Crippen molar-refractivity contribution in [2.45, 2.75) is 13.8 Å². The van der Waals surface area contributed by atoms with Crippen molar-refractivity contribution in [3.8, 4) is 11.4 Å². The van der Waals surface area contributed by atoms with E-state index in [4.69, 9.17) is 9.15 Å². The highest BCUT2D eigenvalue weighted by Crippen LogP contribution is 2.31. The maximum absolute atomic E-state index is 12.5. The third-order valence-corrected chi connectivity index (χ3v) is 5.96. The van der Waals surface area contributed by atoms with Gasteiger partial charge in [-0.3, -0.25) is 4.79 Å². The van der Waals surface area contributed by atoms with Crippen molar-refractivity contribution in [3.05, 3.63) is 80.2 Å². The highest BCUT2D eigenvalue weighted by Gasteiger charge is 2.15. The lowest BCUT2D eigenvalue weighted by Crippen LogP contribution is -2.16. The number of rotatable bonds is 5. The highest BCUT2D eigenvalue weighted by atomic mass is 79.9. The summed E-state index contributed by atoms with van der Waals surface area (Å²) in [5.41, 5.74) is 7.09. The number of amides is 1. The van der Waals surface area contributed by atoms with Crippen LogP contribution in [0.2, 0.25) is 0 Å². The Balaban J connectivity index is 1.54. The van der Waals surface area contributed by atoms with Crippen LogP contribution < -0.4 is 10.2 Å². The van der Waals surface area contributed by atoms with Gasteiger partial charge in [-0.1, -0.05) is 22.0 Å². The van der Waals surface area contributed by atoms with Crippen LogP contribution in [0.1, 0.15) is 27.5 Å². The van der Waals surface area contributed by atoms with Crippen molar-refractivity contribution in [2.75, 3.05) is 7.11 Å². The summed E-state index contributed by atoms with van der Waals surface area (Å²) in [5, 5.41) is 4.94. The van der Waals surface area contributed by atoms with Gasteiger partial charge in [0, 0.05) is 38.6 Å². The monoisotopic (exact) mass is 543 g/mol. The van der Waals surface area contributed by atoms with Crippen LogP contribution in [0.25, 0.3) is 16.7 Å². The van der Waals surface area contributed by atoms with Crippen molar-refractivity contribution < 1.29 is 13.9 Å². The number of halogens is 2. The van der Waals surface area contributed by atoms with Crippen molar-refractivity contribution in [3.63, 3.8) is 0 Å². The molecule has 31 heavy (non-hydrogen) atoms. The van der Waals surface area contributed by atoms with Gasteiger partial charge in [0.2, 0.25) is 0 Å². The molecule has 0 aliphatic heterocycles. The molecule has 2 heterocycles. The Bertz CT molecular complexity index is 1320. The average Bonchev–Trinajstić information content (AvgIpc) is 3.29. The van der Waals surface area contributed by atoms with E-state index in [1.54, 1.807) is 19.4 Å². The standard InChI is InChI=1S/C23H19Br2N3O3/c1-13-7-16(14(2)28(13)18-5-4-6-19(11-18)30-3)12-26-27-23(29)21-9-15-8-17(24)10-20(25)22(15)31-21/h4-12H,1-3H3,(H,27,29)/b26-12+. The molecule has 4 aromatic rings. The van der Waals surface area contributed by atoms with Crippen LogP contribution in [0.4, 0.5) is 0 Å². The lowest BCUT2D eigenvalue weighted by molar-refractivity contribution is 0.0929. The number of aryl methyl sites for hydroxylation is 1. The Kier molecular flexibility index (Phi) is 6.02. The van der Waals surface area contributed by atoms with Gasteiger partial charge in [-0.2, -0.15) is 5.10 Å². The fraction of sp³-hybridized carbons (Fsp3) is 0.130. The molecular formula is C23H19Br2N3O3. The summed E-state index contributed by atoms with van der Waals surface area (Å²) < 4.78 is 14.8. The number of methoxy groups -OCH3 is 1. The zero-order valence-corrected chi connectivity index (χ0v) is 20.2. The number of aromatic nitrogens is 1. The van der Waals surface area contributed by atoms with Crippen molar-refractivity contribution in [1.82, 2.24) is 9.99 Å². The summed E-state index contributed by atoms with van der Waals surface area (Å²) in [6.07, 6.45) is 1.63. The summed E-state index contributed by atoms with van der Waals surface area (Å²) in [6, 6.07) is 15.3. The van der Waals surface area contributed by atoms with E-state index in [0.29, 0.717) is 5.58 Å². The number of carbonyl (C=O) groups is 1. The number of hydrogen-bond donors (Lipinski definition) is 1. The second kappa shape index (κ2) is 8.72. The molecule has 0 aliphatic rings. The van der Waals surface area contributed by atoms with Gasteiger partial charge in [-0.25, -0.2) is 5.43 Å². The number of carbonyl (C=O) groups excluding carboxylic acids is 1. The SMILES string of the molecule is COc1cccc(-n2c(C)cc(/C=N/NC(=O)c3cc4cc(Br)cc(Br)c4o3)c2C)c1. The van der Waals surface area contributed by atoms with Gasteiger partial charge in [-0.15, -0.1) is 0 Å². The van der Waals surface area contributed by atoms with Gasteiger partial charge in [0.05, 0.1) is 17.8 Å². The maximum atomic E-state index is 12.5.